The van der Waals surface area contributed by atoms with Crippen LogP contribution in [0.4, 0.5) is 11.5 Å². The third kappa shape index (κ3) is 3.67. The summed E-state index contributed by atoms with van der Waals surface area (Å²) in [6, 6.07) is 0.257. The molecule has 1 heterocycles. The zero-order valence-electron chi connectivity index (χ0n) is 10.8. The molecule has 1 atom stereocenters. The van der Waals surface area contributed by atoms with E-state index < -0.39 is 18.0 Å². The molecule has 0 saturated carbocycles. The lowest BCUT2D eigenvalue weighted by molar-refractivity contribution is -0.140. The number of nitrogens with zero attached hydrogens (tertiary/aromatic N) is 2. The Kier molecular flexibility index (Phi) is 5.01. The van der Waals surface area contributed by atoms with Gasteiger partial charge in [-0.1, -0.05) is 0 Å². The average molecular weight is 281 g/mol. The van der Waals surface area contributed by atoms with Crippen molar-refractivity contribution in [2.75, 3.05) is 10.6 Å². The van der Waals surface area contributed by atoms with Gasteiger partial charge in [-0.25, -0.2) is 9.78 Å². The number of carbonyl (C=O) groups is 3. The number of rotatable bonds is 7. The lowest BCUT2D eigenvalue weighted by Crippen LogP contribution is -2.41. The normalized spacial score (nSPS) is 11.7. The van der Waals surface area contributed by atoms with E-state index in [2.05, 4.69) is 4.98 Å². The lowest BCUT2D eigenvalue weighted by atomic mass is 10.1. The minimum atomic E-state index is -1.30. The minimum absolute atomic E-state index is 0.145. The van der Waals surface area contributed by atoms with Crippen LogP contribution < -0.4 is 10.6 Å². The summed E-state index contributed by atoms with van der Waals surface area (Å²) >= 11 is 0. The Morgan fingerprint density at radius 2 is 2.15 bits per heavy atom. The fraction of sp³-hybridized carbons (Fsp3) is 0.333. The molecule has 0 aliphatic carbocycles. The van der Waals surface area contributed by atoms with Crippen molar-refractivity contribution < 1.29 is 24.6 Å². The first-order chi connectivity index (χ1) is 9.36. The summed E-state index contributed by atoms with van der Waals surface area (Å²) in [5.74, 6) is -2.28. The van der Waals surface area contributed by atoms with Crippen molar-refractivity contribution in [3.05, 3.63) is 17.8 Å². The van der Waals surface area contributed by atoms with Crippen LogP contribution in [0.15, 0.2) is 12.3 Å². The molecule has 8 heteroatoms. The van der Waals surface area contributed by atoms with Gasteiger partial charge in [0.1, 0.15) is 11.9 Å². The average Bonchev–Trinajstić information content (AvgIpc) is 2.35. The van der Waals surface area contributed by atoms with Gasteiger partial charge in [0.2, 0.25) is 6.41 Å². The molecule has 0 aromatic carbocycles. The summed E-state index contributed by atoms with van der Waals surface area (Å²) in [6.07, 6.45) is 1.05. The fourth-order valence-corrected chi connectivity index (χ4v) is 1.77. The number of nitrogens with two attached hydrogens (primary N) is 1. The van der Waals surface area contributed by atoms with Crippen molar-refractivity contribution in [2.24, 2.45) is 0 Å². The first kappa shape index (κ1) is 15.4. The lowest BCUT2D eigenvalue weighted by Gasteiger charge is -2.25. The highest BCUT2D eigenvalue weighted by Crippen LogP contribution is 2.21. The number of aliphatic carboxylic acids is 2. The van der Waals surface area contributed by atoms with Gasteiger partial charge in [0.05, 0.1) is 11.9 Å². The predicted octanol–water partition coefficient (Wildman–Crippen LogP) is 0.253. The highest BCUT2D eigenvalue weighted by Gasteiger charge is 2.28. The van der Waals surface area contributed by atoms with E-state index in [1.165, 1.54) is 6.20 Å². The zero-order valence-corrected chi connectivity index (χ0v) is 10.8. The summed E-state index contributed by atoms with van der Waals surface area (Å²) in [5.41, 5.74) is 6.45. The maximum absolute atomic E-state index is 11.2. The Labute approximate surface area is 114 Å². The molecule has 4 N–H and O–H groups in total. The largest absolute Gasteiger partial charge is 0.481 e. The van der Waals surface area contributed by atoms with Crippen LogP contribution in [-0.4, -0.2) is 39.6 Å². The van der Waals surface area contributed by atoms with Crippen molar-refractivity contribution in [1.82, 2.24) is 4.98 Å². The number of aromatic nitrogens is 1. The number of hydrogen-bond donors (Lipinski definition) is 3. The molecule has 1 amide bonds. The highest BCUT2D eigenvalue weighted by atomic mass is 16.4. The Morgan fingerprint density at radius 3 is 2.60 bits per heavy atom. The molecule has 0 aliphatic rings. The van der Waals surface area contributed by atoms with Crippen molar-refractivity contribution in [1.29, 1.82) is 0 Å². The number of carboxylic acid groups (broad SMARTS) is 2. The molecule has 0 spiro atoms. The van der Waals surface area contributed by atoms with E-state index in [9.17, 15) is 14.4 Å². The molecular weight excluding hydrogens is 266 g/mol. The molecule has 1 aromatic heterocycles. The number of amides is 1. The van der Waals surface area contributed by atoms with Crippen LogP contribution in [0.5, 0.6) is 0 Å². The summed E-state index contributed by atoms with van der Waals surface area (Å²) in [4.78, 5) is 37.8. The van der Waals surface area contributed by atoms with E-state index in [-0.39, 0.29) is 18.7 Å². The number of anilines is 2. The maximum atomic E-state index is 11.2. The molecule has 0 aliphatic heterocycles. The van der Waals surface area contributed by atoms with Crippen molar-refractivity contribution in [3.63, 3.8) is 0 Å². The Balaban J connectivity index is 3.09. The number of carboxylic acids is 2. The van der Waals surface area contributed by atoms with Gasteiger partial charge < -0.3 is 15.9 Å². The van der Waals surface area contributed by atoms with Gasteiger partial charge in [-0.2, -0.15) is 0 Å². The van der Waals surface area contributed by atoms with Gasteiger partial charge in [0.15, 0.2) is 0 Å². The Morgan fingerprint density at radius 1 is 1.50 bits per heavy atom. The Hall–Kier alpha value is -2.64. The first-order valence-corrected chi connectivity index (χ1v) is 5.77. The van der Waals surface area contributed by atoms with E-state index >= 15 is 0 Å². The summed E-state index contributed by atoms with van der Waals surface area (Å²) in [7, 11) is 0. The molecular formula is C12H15N3O5. The molecule has 0 unspecified atom stereocenters. The molecule has 0 saturated heterocycles. The number of carbonyl (C=O) groups excluding carboxylic acids is 1. The van der Waals surface area contributed by atoms with E-state index in [4.69, 9.17) is 15.9 Å². The van der Waals surface area contributed by atoms with E-state index in [1.54, 1.807) is 13.0 Å². The van der Waals surface area contributed by atoms with Crippen LogP contribution in [-0.2, 0) is 14.4 Å². The number of aryl methyl sites for hydroxylation is 1. The quantitative estimate of drug-likeness (QED) is 0.610. The second-order valence-corrected chi connectivity index (χ2v) is 4.21. The topological polar surface area (TPSA) is 134 Å². The van der Waals surface area contributed by atoms with Crippen LogP contribution in [0, 0.1) is 6.92 Å². The second kappa shape index (κ2) is 6.50. The smallest absolute Gasteiger partial charge is 0.326 e. The van der Waals surface area contributed by atoms with Crippen LogP contribution in [0.1, 0.15) is 18.4 Å². The van der Waals surface area contributed by atoms with E-state index in [0.717, 1.165) is 4.90 Å². The SMILES string of the molecule is Cc1cc(N)cnc1N(C=O)[C@@H](CCC(=O)O)C(=O)O. The van der Waals surface area contributed by atoms with Gasteiger partial charge in [-0.15, -0.1) is 0 Å². The summed E-state index contributed by atoms with van der Waals surface area (Å²) in [6.45, 7) is 1.63. The van der Waals surface area contributed by atoms with Crippen molar-refractivity contribution in [2.45, 2.75) is 25.8 Å². The second-order valence-electron chi connectivity index (χ2n) is 4.21. The molecule has 1 rings (SSSR count). The summed E-state index contributed by atoms with van der Waals surface area (Å²) in [5, 5.41) is 17.8. The fourth-order valence-electron chi connectivity index (χ4n) is 1.77. The van der Waals surface area contributed by atoms with Crippen LogP contribution >= 0.6 is 0 Å². The molecule has 0 radical (unpaired) electrons. The highest BCUT2D eigenvalue weighted by molar-refractivity contribution is 5.88. The third-order valence-electron chi connectivity index (χ3n) is 2.68. The van der Waals surface area contributed by atoms with Gasteiger partial charge in [-0.05, 0) is 25.0 Å². The zero-order chi connectivity index (χ0) is 15.3. The molecule has 8 nitrogen and oxygen atoms in total. The molecule has 0 fully saturated rings. The first-order valence-electron chi connectivity index (χ1n) is 5.77. The maximum Gasteiger partial charge on any atom is 0.326 e. The predicted molar refractivity (Wildman–Crippen MR) is 70.2 cm³/mol. The molecule has 1 aromatic rings. The monoisotopic (exact) mass is 281 g/mol. The van der Waals surface area contributed by atoms with Crippen molar-refractivity contribution in [3.8, 4) is 0 Å². The van der Waals surface area contributed by atoms with Crippen molar-refractivity contribution >= 4 is 29.9 Å². The number of nitrogen functional groups attached to an aromatic ring is 1. The third-order valence-corrected chi connectivity index (χ3v) is 2.68. The number of hydrogen-bond acceptors (Lipinski definition) is 5. The summed E-state index contributed by atoms with van der Waals surface area (Å²) < 4.78 is 0. The van der Waals surface area contributed by atoms with Crippen LogP contribution in [0.3, 0.4) is 0 Å². The number of pyridine rings is 1. The van der Waals surface area contributed by atoms with Crippen LogP contribution in [0.25, 0.3) is 0 Å². The van der Waals surface area contributed by atoms with E-state index in [1.807, 2.05) is 0 Å². The standard InChI is InChI=1S/C12H15N3O5/c1-7-4-8(13)5-14-11(7)15(6-16)9(12(19)20)2-3-10(17)18/h4-6,9H,2-3,13H2,1H3,(H,17,18)(H,19,20)/t9-/m0/s1. The van der Waals surface area contributed by atoms with Gasteiger partial charge >= 0.3 is 11.9 Å². The van der Waals surface area contributed by atoms with Crippen LogP contribution in [0.2, 0.25) is 0 Å². The molecule has 20 heavy (non-hydrogen) atoms. The van der Waals surface area contributed by atoms with Gasteiger partial charge in [0, 0.05) is 6.42 Å². The Bertz CT molecular complexity index is 532. The molecule has 0 bridgehead atoms. The minimum Gasteiger partial charge on any atom is -0.481 e. The van der Waals surface area contributed by atoms with E-state index in [0.29, 0.717) is 17.7 Å². The van der Waals surface area contributed by atoms with Gasteiger partial charge in [0.25, 0.3) is 0 Å². The van der Waals surface area contributed by atoms with Gasteiger partial charge in [-0.3, -0.25) is 14.5 Å². The molecule has 108 valence electrons.